The third-order valence-electron chi connectivity index (χ3n) is 2.56. The van der Waals surface area contributed by atoms with E-state index >= 15 is 0 Å². The molecule has 4 nitrogen and oxygen atoms in total. The van der Waals surface area contributed by atoms with Gasteiger partial charge >= 0.3 is 5.97 Å². The minimum absolute atomic E-state index is 0.345. The Balaban J connectivity index is 2.02. The first-order valence-corrected chi connectivity index (χ1v) is 7.02. The van der Waals surface area contributed by atoms with E-state index in [2.05, 4.69) is 16.5 Å². The number of benzene rings is 1. The molecule has 1 aromatic heterocycles. The Morgan fingerprint density at radius 1 is 1.53 bits per heavy atom. The summed E-state index contributed by atoms with van der Waals surface area (Å²) in [5, 5.41) is 0.783. The van der Waals surface area contributed by atoms with Crippen molar-refractivity contribution in [3.05, 3.63) is 35.9 Å². The van der Waals surface area contributed by atoms with Gasteiger partial charge in [0, 0.05) is 11.3 Å². The molecule has 0 saturated heterocycles. The molecule has 2 aromatic rings. The van der Waals surface area contributed by atoms with Gasteiger partial charge in [0.15, 0.2) is 5.16 Å². The Morgan fingerprint density at radius 2 is 2.32 bits per heavy atom. The van der Waals surface area contributed by atoms with Crippen LogP contribution < -0.4 is 0 Å². The molecule has 0 fully saturated rings. The van der Waals surface area contributed by atoms with Crippen LogP contribution in [0.4, 0.5) is 0 Å². The molecule has 19 heavy (non-hydrogen) atoms. The zero-order valence-electron chi connectivity index (χ0n) is 11.0. The number of imidazole rings is 1. The lowest BCUT2D eigenvalue weighted by atomic mass is 10.2. The highest BCUT2D eigenvalue weighted by Crippen LogP contribution is 2.21. The molecule has 1 aromatic carbocycles. The fourth-order valence-corrected chi connectivity index (χ4v) is 2.39. The molecule has 2 rings (SSSR count). The van der Waals surface area contributed by atoms with E-state index in [0.717, 1.165) is 16.2 Å². The highest BCUT2D eigenvalue weighted by Gasteiger charge is 2.10. The number of H-pyrrole nitrogens is 1. The van der Waals surface area contributed by atoms with Crippen LogP contribution in [0.1, 0.15) is 12.5 Å². The van der Waals surface area contributed by atoms with Crippen LogP contribution >= 0.6 is 11.8 Å². The monoisotopic (exact) mass is 276 g/mol. The first-order chi connectivity index (χ1) is 9.10. The number of rotatable bonds is 5. The van der Waals surface area contributed by atoms with E-state index < -0.39 is 0 Å². The first kappa shape index (κ1) is 13.7. The number of thioether (sulfide) groups is 1. The van der Waals surface area contributed by atoms with Crippen LogP contribution in [0.15, 0.2) is 35.5 Å². The van der Waals surface area contributed by atoms with Gasteiger partial charge in [0.2, 0.25) is 0 Å². The second-order valence-electron chi connectivity index (χ2n) is 4.18. The van der Waals surface area contributed by atoms with Crippen molar-refractivity contribution in [2.75, 3.05) is 12.4 Å². The van der Waals surface area contributed by atoms with Crippen LogP contribution in [-0.4, -0.2) is 28.3 Å². The standard InChI is InChI=1S/C14H16N2O2S/c1-4-18-13(17)10(3)8-19-14-15-11-6-5-9(2)7-12(11)16-14/h5-7H,3-4,8H2,1-2H3,(H,15,16). The van der Waals surface area contributed by atoms with Crippen molar-refractivity contribution in [1.29, 1.82) is 0 Å². The van der Waals surface area contributed by atoms with Crippen molar-refractivity contribution in [2.24, 2.45) is 0 Å². The Hall–Kier alpha value is -1.75. The lowest BCUT2D eigenvalue weighted by molar-refractivity contribution is -0.138. The van der Waals surface area contributed by atoms with Crippen LogP contribution in [0.25, 0.3) is 11.0 Å². The third-order valence-corrected chi connectivity index (χ3v) is 3.52. The quantitative estimate of drug-likeness (QED) is 0.518. The number of ether oxygens (including phenoxy) is 1. The van der Waals surface area contributed by atoms with Gasteiger partial charge < -0.3 is 9.72 Å². The van der Waals surface area contributed by atoms with Crippen LogP contribution in [0.5, 0.6) is 0 Å². The number of esters is 1. The van der Waals surface area contributed by atoms with E-state index in [1.165, 1.54) is 17.3 Å². The summed E-state index contributed by atoms with van der Waals surface area (Å²) in [5.41, 5.74) is 3.56. The van der Waals surface area contributed by atoms with Crippen LogP contribution in [0, 0.1) is 6.92 Å². The molecule has 100 valence electrons. The molecule has 1 N–H and O–H groups in total. The molecular weight excluding hydrogens is 260 g/mol. The van der Waals surface area contributed by atoms with E-state index in [0.29, 0.717) is 17.9 Å². The molecular formula is C14H16N2O2S. The summed E-state index contributed by atoms with van der Waals surface area (Å²) in [4.78, 5) is 19.1. The molecule has 0 amide bonds. The zero-order valence-corrected chi connectivity index (χ0v) is 11.8. The number of hydrogen-bond donors (Lipinski definition) is 1. The number of carbonyl (C=O) groups is 1. The van der Waals surface area contributed by atoms with Gasteiger partial charge in [0.05, 0.1) is 17.6 Å². The third kappa shape index (κ3) is 3.38. The zero-order chi connectivity index (χ0) is 13.8. The van der Waals surface area contributed by atoms with Gasteiger partial charge in [-0.1, -0.05) is 24.4 Å². The summed E-state index contributed by atoms with van der Waals surface area (Å²) in [6.45, 7) is 7.90. The minimum Gasteiger partial charge on any atom is -0.463 e. The Labute approximate surface area is 116 Å². The Morgan fingerprint density at radius 3 is 3.05 bits per heavy atom. The molecule has 0 saturated carbocycles. The van der Waals surface area contributed by atoms with E-state index in [9.17, 15) is 4.79 Å². The van der Waals surface area contributed by atoms with Crippen LogP contribution in [-0.2, 0) is 9.53 Å². The number of aryl methyl sites for hydroxylation is 1. The van der Waals surface area contributed by atoms with Crippen molar-refractivity contribution in [1.82, 2.24) is 9.97 Å². The molecule has 0 aliphatic rings. The van der Waals surface area contributed by atoms with E-state index in [1.807, 2.05) is 25.1 Å². The SMILES string of the molecule is C=C(CSc1nc2ccc(C)cc2[nH]1)C(=O)OCC. The number of nitrogens with zero attached hydrogens (tertiary/aromatic N) is 1. The second-order valence-corrected chi connectivity index (χ2v) is 5.14. The van der Waals surface area contributed by atoms with Crippen molar-refractivity contribution >= 4 is 28.8 Å². The Kier molecular flexibility index (Phi) is 4.27. The number of carbonyl (C=O) groups excluding carboxylic acids is 1. The molecule has 0 spiro atoms. The average molecular weight is 276 g/mol. The van der Waals surface area contributed by atoms with E-state index in [1.54, 1.807) is 6.92 Å². The number of fused-ring (bicyclic) bond motifs is 1. The average Bonchev–Trinajstić information content (AvgIpc) is 2.78. The lowest BCUT2D eigenvalue weighted by Crippen LogP contribution is -2.08. The van der Waals surface area contributed by atoms with E-state index in [-0.39, 0.29) is 5.97 Å². The fourth-order valence-electron chi connectivity index (χ4n) is 1.62. The normalized spacial score (nSPS) is 10.6. The number of aromatic nitrogens is 2. The summed E-state index contributed by atoms with van der Waals surface area (Å²) >= 11 is 1.45. The molecule has 0 aliphatic carbocycles. The molecule has 0 unspecified atom stereocenters. The van der Waals surface area contributed by atoms with Gasteiger partial charge in [0.1, 0.15) is 0 Å². The van der Waals surface area contributed by atoms with Crippen molar-refractivity contribution in [3.63, 3.8) is 0 Å². The Bertz CT molecular complexity index is 619. The van der Waals surface area contributed by atoms with Gasteiger partial charge in [-0.2, -0.15) is 0 Å². The highest BCUT2D eigenvalue weighted by molar-refractivity contribution is 7.99. The number of hydrogen-bond acceptors (Lipinski definition) is 4. The molecule has 0 aliphatic heterocycles. The van der Waals surface area contributed by atoms with Crippen molar-refractivity contribution in [3.8, 4) is 0 Å². The topological polar surface area (TPSA) is 55.0 Å². The maximum Gasteiger partial charge on any atom is 0.334 e. The lowest BCUT2D eigenvalue weighted by Gasteiger charge is -2.03. The summed E-state index contributed by atoms with van der Waals surface area (Å²) in [5.74, 6) is 0.124. The molecule has 5 heteroatoms. The summed E-state index contributed by atoms with van der Waals surface area (Å²) in [7, 11) is 0. The summed E-state index contributed by atoms with van der Waals surface area (Å²) in [6, 6.07) is 6.05. The second kappa shape index (κ2) is 5.93. The van der Waals surface area contributed by atoms with Crippen molar-refractivity contribution < 1.29 is 9.53 Å². The van der Waals surface area contributed by atoms with Gasteiger partial charge in [-0.15, -0.1) is 0 Å². The summed E-state index contributed by atoms with van der Waals surface area (Å²) < 4.78 is 4.88. The van der Waals surface area contributed by atoms with Gasteiger partial charge in [-0.05, 0) is 31.5 Å². The predicted octanol–water partition coefficient (Wildman–Crippen LogP) is 3.08. The van der Waals surface area contributed by atoms with Gasteiger partial charge in [-0.3, -0.25) is 0 Å². The van der Waals surface area contributed by atoms with Crippen LogP contribution in [0.2, 0.25) is 0 Å². The largest absolute Gasteiger partial charge is 0.463 e. The highest BCUT2D eigenvalue weighted by atomic mass is 32.2. The smallest absolute Gasteiger partial charge is 0.334 e. The van der Waals surface area contributed by atoms with Crippen molar-refractivity contribution in [2.45, 2.75) is 19.0 Å². The van der Waals surface area contributed by atoms with Gasteiger partial charge in [-0.25, -0.2) is 9.78 Å². The fraction of sp³-hybridized carbons (Fsp3) is 0.286. The van der Waals surface area contributed by atoms with Gasteiger partial charge in [0.25, 0.3) is 0 Å². The molecule has 0 radical (unpaired) electrons. The van der Waals surface area contributed by atoms with Crippen LogP contribution in [0.3, 0.4) is 0 Å². The first-order valence-electron chi connectivity index (χ1n) is 6.04. The molecule has 0 atom stereocenters. The summed E-state index contributed by atoms with van der Waals surface area (Å²) in [6.07, 6.45) is 0. The minimum atomic E-state index is -0.345. The number of nitrogens with one attached hydrogen (secondary N) is 1. The van der Waals surface area contributed by atoms with E-state index in [4.69, 9.17) is 4.74 Å². The predicted molar refractivity (Wildman–Crippen MR) is 77.3 cm³/mol. The maximum atomic E-state index is 11.4. The number of aromatic amines is 1. The maximum absolute atomic E-state index is 11.4. The molecule has 1 heterocycles. The molecule has 0 bridgehead atoms.